The normalized spacial score (nSPS) is 17.2. The van der Waals surface area contributed by atoms with Gasteiger partial charge in [0, 0.05) is 38.4 Å². The van der Waals surface area contributed by atoms with Crippen molar-refractivity contribution in [3.05, 3.63) is 77.7 Å². The number of nitrogens with one attached hydrogen (secondary N) is 1. The van der Waals surface area contributed by atoms with E-state index in [-0.39, 0.29) is 12.0 Å². The molecule has 1 fully saturated rings. The first-order valence-electron chi connectivity index (χ1n) is 11.4. The summed E-state index contributed by atoms with van der Waals surface area (Å²) >= 11 is 0. The fourth-order valence-electron chi connectivity index (χ4n) is 3.93. The summed E-state index contributed by atoms with van der Waals surface area (Å²) < 4.78 is 21.1. The van der Waals surface area contributed by atoms with Gasteiger partial charge in [-0.15, -0.1) is 0 Å². The van der Waals surface area contributed by atoms with Gasteiger partial charge in [0.25, 0.3) is 11.8 Å². The van der Waals surface area contributed by atoms with E-state index < -0.39 is 34.2 Å². The van der Waals surface area contributed by atoms with Crippen molar-refractivity contribution in [3.63, 3.8) is 0 Å². The van der Waals surface area contributed by atoms with Crippen LogP contribution in [-0.4, -0.2) is 71.0 Å². The molecule has 2 aromatic heterocycles. The molecular weight excluding hydrogens is 484 g/mol. The molecule has 12 heteroatoms. The third-order valence-electron chi connectivity index (χ3n) is 5.92. The zero-order chi connectivity index (χ0) is 25.7. The number of benzene rings is 1. The minimum Gasteiger partial charge on any atom is -0.363 e. The molecule has 0 saturated carbocycles. The Morgan fingerprint density at radius 3 is 2.47 bits per heavy atom. The van der Waals surface area contributed by atoms with Crippen LogP contribution in [0.1, 0.15) is 34.1 Å². The van der Waals surface area contributed by atoms with E-state index in [0.29, 0.717) is 42.5 Å². The van der Waals surface area contributed by atoms with Crippen LogP contribution in [0.3, 0.4) is 0 Å². The molecule has 2 amide bonds. The Bertz CT molecular complexity index is 1240. The predicted molar refractivity (Wildman–Crippen MR) is 135 cm³/mol. The maximum Gasteiger partial charge on any atom is 0.284 e. The molecule has 1 aliphatic heterocycles. The lowest BCUT2D eigenvalue weighted by molar-refractivity contribution is -0.136. The number of hydrogen-bond acceptors (Lipinski definition) is 8. The fraction of sp³-hybridized carbons (Fsp3) is 0.292. The molecule has 1 aliphatic rings. The predicted octanol–water partition coefficient (Wildman–Crippen LogP) is 1.75. The van der Waals surface area contributed by atoms with E-state index in [1.807, 2.05) is 12.1 Å². The highest BCUT2D eigenvalue weighted by atomic mass is 32.3. The minimum atomic E-state index is -2.47. The van der Waals surface area contributed by atoms with Crippen molar-refractivity contribution in [2.75, 3.05) is 24.6 Å². The number of nitrogens with zero attached hydrogens (tertiary/aromatic N) is 4. The van der Waals surface area contributed by atoms with Crippen LogP contribution in [0.5, 0.6) is 0 Å². The number of hydrogen-bond donors (Lipinski definition) is 4. The molecule has 0 aliphatic carbocycles. The maximum atomic E-state index is 13.3. The van der Waals surface area contributed by atoms with Gasteiger partial charge in [-0.2, -0.15) is 15.7 Å². The molecule has 1 saturated heterocycles. The van der Waals surface area contributed by atoms with Gasteiger partial charge < -0.3 is 11.1 Å². The van der Waals surface area contributed by atoms with Gasteiger partial charge in [-0.1, -0.05) is 30.3 Å². The average molecular weight is 513 g/mol. The van der Waals surface area contributed by atoms with E-state index in [1.165, 1.54) is 4.68 Å². The highest BCUT2D eigenvalue weighted by molar-refractivity contribution is 8.24. The topological polar surface area (TPSA) is 164 Å². The van der Waals surface area contributed by atoms with Gasteiger partial charge >= 0.3 is 0 Å². The van der Waals surface area contributed by atoms with Gasteiger partial charge in [0.1, 0.15) is 0 Å². The van der Waals surface area contributed by atoms with Crippen molar-refractivity contribution in [3.8, 4) is 5.82 Å². The lowest BCUT2D eigenvalue weighted by Crippen LogP contribution is -2.37. The lowest BCUT2D eigenvalue weighted by atomic mass is 10.0. The van der Waals surface area contributed by atoms with Gasteiger partial charge in [-0.3, -0.25) is 28.4 Å². The second-order valence-electron chi connectivity index (χ2n) is 8.54. The molecule has 36 heavy (non-hydrogen) atoms. The van der Waals surface area contributed by atoms with Crippen molar-refractivity contribution in [1.29, 1.82) is 0 Å². The van der Waals surface area contributed by atoms with Crippen LogP contribution in [0.4, 0.5) is 0 Å². The van der Waals surface area contributed by atoms with Crippen molar-refractivity contribution >= 4 is 28.2 Å². The Kier molecular flexibility index (Phi) is 7.79. The number of amides is 2. The fourth-order valence-corrected chi connectivity index (χ4v) is 5.24. The summed E-state index contributed by atoms with van der Waals surface area (Å²) in [5.74, 6) is -1.33. The summed E-state index contributed by atoms with van der Waals surface area (Å²) in [4.78, 5) is 43.1. The number of pyridine rings is 1. The SMILES string of the molecule is NC(=O)C(=O)CC(NC(=O)c1cccnc1-n1ccc(CN2CCS(O)(O)CC2)n1)c1ccccc1. The van der Waals surface area contributed by atoms with Crippen LogP contribution in [0.2, 0.25) is 0 Å². The Hall–Kier alpha value is -3.58. The van der Waals surface area contributed by atoms with Crippen molar-refractivity contribution < 1.29 is 23.5 Å². The highest BCUT2D eigenvalue weighted by Crippen LogP contribution is 2.40. The molecule has 4 rings (SSSR count). The molecule has 190 valence electrons. The van der Waals surface area contributed by atoms with E-state index in [9.17, 15) is 23.5 Å². The number of carbonyl (C=O) groups is 3. The molecular formula is C24H28N6O5S. The molecule has 11 nitrogen and oxygen atoms in total. The van der Waals surface area contributed by atoms with Crippen molar-refractivity contribution in [2.45, 2.75) is 19.0 Å². The van der Waals surface area contributed by atoms with Gasteiger partial charge in [-0.05, 0) is 23.8 Å². The summed E-state index contributed by atoms with van der Waals surface area (Å²) in [6, 6.07) is 13.2. The molecule has 3 heterocycles. The van der Waals surface area contributed by atoms with Crippen LogP contribution < -0.4 is 11.1 Å². The third kappa shape index (κ3) is 6.34. The smallest absolute Gasteiger partial charge is 0.284 e. The average Bonchev–Trinajstić information content (AvgIpc) is 3.33. The first-order valence-corrected chi connectivity index (χ1v) is 13.2. The minimum absolute atomic E-state index is 0.242. The monoisotopic (exact) mass is 512 g/mol. The molecule has 1 atom stereocenters. The Balaban J connectivity index is 1.52. The zero-order valence-corrected chi connectivity index (χ0v) is 20.3. The van der Waals surface area contributed by atoms with E-state index in [2.05, 4.69) is 20.3 Å². The second-order valence-corrected chi connectivity index (χ2v) is 11.0. The Morgan fingerprint density at radius 2 is 1.78 bits per heavy atom. The maximum absolute atomic E-state index is 13.3. The molecule has 0 bridgehead atoms. The summed E-state index contributed by atoms with van der Waals surface area (Å²) in [5, 5.41) is 7.39. The molecule has 3 aromatic rings. The highest BCUT2D eigenvalue weighted by Gasteiger charge is 2.25. The van der Waals surface area contributed by atoms with E-state index in [1.54, 1.807) is 48.8 Å². The van der Waals surface area contributed by atoms with Crippen LogP contribution >= 0.6 is 10.6 Å². The zero-order valence-electron chi connectivity index (χ0n) is 19.5. The van der Waals surface area contributed by atoms with Crippen LogP contribution in [0, 0.1) is 0 Å². The Morgan fingerprint density at radius 1 is 1.06 bits per heavy atom. The number of rotatable bonds is 9. The molecule has 1 unspecified atom stereocenters. The molecule has 0 spiro atoms. The summed E-state index contributed by atoms with van der Waals surface area (Å²) in [5.41, 5.74) is 6.79. The first-order chi connectivity index (χ1) is 17.2. The summed E-state index contributed by atoms with van der Waals surface area (Å²) in [6.45, 7) is 1.66. The van der Waals surface area contributed by atoms with Crippen molar-refractivity contribution in [1.82, 2.24) is 25.0 Å². The second kappa shape index (κ2) is 11.0. The van der Waals surface area contributed by atoms with Gasteiger partial charge in [-0.25, -0.2) is 9.67 Å². The largest absolute Gasteiger partial charge is 0.363 e. The van der Waals surface area contributed by atoms with Gasteiger partial charge in [0.15, 0.2) is 5.82 Å². The summed E-state index contributed by atoms with van der Waals surface area (Å²) in [6.07, 6.45) is 2.98. The van der Waals surface area contributed by atoms with Gasteiger partial charge in [0.2, 0.25) is 5.78 Å². The van der Waals surface area contributed by atoms with E-state index in [0.717, 1.165) is 5.69 Å². The Labute approximate surface area is 209 Å². The van der Waals surface area contributed by atoms with Crippen LogP contribution in [-0.2, 0) is 16.1 Å². The quantitative estimate of drug-likeness (QED) is 0.315. The number of ketones is 1. The van der Waals surface area contributed by atoms with E-state index in [4.69, 9.17) is 5.73 Å². The number of aromatic nitrogens is 3. The molecule has 5 N–H and O–H groups in total. The molecule has 0 radical (unpaired) electrons. The first kappa shape index (κ1) is 25.5. The lowest BCUT2D eigenvalue weighted by Gasteiger charge is -2.40. The number of carbonyl (C=O) groups excluding carboxylic acids is 3. The summed E-state index contributed by atoms with van der Waals surface area (Å²) in [7, 11) is -2.47. The molecule has 1 aromatic carbocycles. The van der Waals surface area contributed by atoms with Crippen molar-refractivity contribution in [2.24, 2.45) is 5.73 Å². The number of Topliss-reactive ketones (excluding diaryl/α,β-unsaturated/α-hetero) is 1. The standard InChI is InChI=1S/C24H28N6O5S/c25-22(32)21(31)15-20(17-5-2-1-3-6-17)27-24(33)19-7-4-9-26-23(19)30-10-8-18(28-30)16-29-11-13-36(34,35)14-12-29/h1-10,20,34-35H,11-16H2,(H2,25,32)(H,27,33). The van der Waals surface area contributed by atoms with Gasteiger partial charge in [0.05, 0.1) is 28.8 Å². The van der Waals surface area contributed by atoms with Crippen LogP contribution in [0.15, 0.2) is 60.9 Å². The van der Waals surface area contributed by atoms with Crippen LogP contribution in [0.25, 0.3) is 5.82 Å². The van der Waals surface area contributed by atoms with E-state index >= 15 is 0 Å². The third-order valence-corrected chi connectivity index (χ3v) is 7.59. The number of nitrogens with two attached hydrogens (primary N) is 1. The number of primary amides is 1.